The fraction of sp³-hybridized carbons (Fsp3) is 0.300. The van der Waals surface area contributed by atoms with Gasteiger partial charge in [0, 0.05) is 26.0 Å². The molecule has 1 fully saturated rings. The molecule has 7 heteroatoms. The van der Waals surface area contributed by atoms with Gasteiger partial charge >= 0.3 is 5.97 Å². The van der Waals surface area contributed by atoms with Crippen molar-refractivity contribution in [2.45, 2.75) is 25.4 Å². The van der Waals surface area contributed by atoms with Crippen molar-refractivity contribution in [1.82, 2.24) is 24.4 Å². The van der Waals surface area contributed by atoms with Gasteiger partial charge in [-0.2, -0.15) is 0 Å². The molecule has 0 saturated carbocycles. The number of aromatic nitrogens is 4. The smallest absolute Gasteiger partial charge is 0.335 e. The van der Waals surface area contributed by atoms with E-state index >= 15 is 0 Å². The van der Waals surface area contributed by atoms with Gasteiger partial charge < -0.3 is 9.67 Å². The first-order valence-corrected chi connectivity index (χ1v) is 8.98. The summed E-state index contributed by atoms with van der Waals surface area (Å²) < 4.78 is 1.93. The third-order valence-corrected chi connectivity index (χ3v) is 4.97. The molecule has 0 aliphatic carbocycles. The molecule has 0 amide bonds. The highest BCUT2D eigenvalue weighted by atomic mass is 16.4. The lowest BCUT2D eigenvalue weighted by Gasteiger charge is -2.24. The summed E-state index contributed by atoms with van der Waals surface area (Å²) in [4.78, 5) is 27.1. The van der Waals surface area contributed by atoms with Crippen LogP contribution in [0.5, 0.6) is 0 Å². The Morgan fingerprint density at radius 3 is 3.00 bits per heavy atom. The first-order valence-electron chi connectivity index (χ1n) is 8.98. The molecule has 1 aliphatic heterocycles. The topological polar surface area (TPSA) is 84.1 Å². The van der Waals surface area contributed by atoms with Crippen LogP contribution in [0, 0.1) is 0 Å². The van der Waals surface area contributed by atoms with E-state index in [2.05, 4.69) is 14.9 Å². The number of hydrogen-bond donors (Lipinski definition) is 1. The van der Waals surface area contributed by atoms with Crippen LogP contribution < -0.4 is 0 Å². The van der Waals surface area contributed by atoms with E-state index in [0.717, 1.165) is 42.2 Å². The third-order valence-electron chi connectivity index (χ3n) is 4.97. The first kappa shape index (κ1) is 17.4. The van der Waals surface area contributed by atoms with Gasteiger partial charge in [-0.05, 0) is 37.1 Å². The van der Waals surface area contributed by atoms with E-state index in [1.54, 1.807) is 30.6 Å². The molecular formula is C20H21N5O2. The lowest BCUT2D eigenvalue weighted by atomic mass is 10.1. The minimum Gasteiger partial charge on any atom is -0.478 e. The first-order chi connectivity index (χ1) is 13.1. The molecule has 1 aliphatic rings. The van der Waals surface area contributed by atoms with Crippen LogP contribution in [0.25, 0.3) is 11.5 Å². The molecule has 2 aromatic heterocycles. The molecule has 3 heterocycles. The fourth-order valence-electron chi connectivity index (χ4n) is 3.65. The van der Waals surface area contributed by atoms with Gasteiger partial charge in [0.05, 0.1) is 29.7 Å². The molecule has 138 valence electrons. The molecule has 3 aromatic rings. The van der Waals surface area contributed by atoms with Gasteiger partial charge in [0.15, 0.2) is 5.82 Å². The van der Waals surface area contributed by atoms with Crippen LogP contribution in [-0.2, 0) is 13.6 Å². The Morgan fingerprint density at radius 1 is 1.33 bits per heavy atom. The summed E-state index contributed by atoms with van der Waals surface area (Å²) in [6.07, 6.45) is 9.29. The van der Waals surface area contributed by atoms with Crippen molar-refractivity contribution in [3.8, 4) is 11.5 Å². The number of carboxylic acid groups (broad SMARTS) is 1. The number of aryl methyl sites for hydroxylation is 1. The van der Waals surface area contributed by atoms with Crippen molar-refractivity contribution in [2.75, 3.05) is 6.54 Å². The van der Waals surface area contributed by atoms with Gasteiger partial charge in [-0.3, -0.25) is 9.88 Å². The van der Waals surface area contributed by atoms with Crippen LogP contribution in [0.2, 0.25) is 0 Å². The van der Waals surface area contributed by atoms with E-state index in [9.17, 15) is 9.90 Å². The zero-order chi connectivity index (χ0) is 18.8. The van der Waals surface area contributed by atoms with Crippen molar-refractivity contribution < 1.29 is 9.90 Å². The van der Waals surface area contributed by atoms with Crippen molar-refractivity contribution in [3.05, 3.63) is 65.9 Å². The molecule has 27 heavy (non-hydrogen) atoms. The van der Waals surface area contributed by atoms with E-state index in [4.69, 9.17) is 4.98 Å². The minimum atomic E-state index is -0.900. The normalized spacial score (nSPS) is 17.3. The summed E-state index contributed by atoms with van der Waals surface area (Å²) in [5, 5.41) is 9.20. The van der Waals surface area contributed by atoms with E-state index in [-0.39, 0.29) is 6.04 Å². The molecule has 1 saturated heterocycles. The van der Waals surface area contributed by atoms with E-state index in [1.807, 2.05) is 30.1 Å². The van der Waals surface area contributed by atoms with Crippen LogP contribution in [0.3, 0.4) is 0 Å². The summed E-state index contributed by atoms with van der Waals surface area (Å²) in [7, 11) is 1.94. The summed E-state index contributed by atoms with van der Waals surface area (Å²) in [6.45, 7) is 1.65. The van der Waals surface area contributed by atoms with Gasteiger partial charge in [-0.15, -0.1) is 0 Å². The number of likely N-dealkylation sites (tertiary alicyclic amines) is 1. The zero-order valence-electron chi connectivity index (χ0n) is 15.1. The average molecular weight is 363 g/mol. The highest BCUT2D eigenvalue weighted by Crippen LogP contribution is 2.32. The summed E-state index contributed by atoms with van der Waals surface area (Å²) in [5.74, 6) is -0.105. The SMILES string of the molecule is Cn1ccnc1-c1cncc([C@H]2CCCN2Cc2cccc(C(=O)O)c2)n1. The second-order valence-electron chi connectivity index (χ2n) is 6.82. The predicted octanol–water partition coefficient (Wildman–Crippen LogP) is 2.91. The van der Waals surface area contributed by atoms with Crippen LogP contribution in [0.15, 0.2) is 49.1 Å². The van der Waals surface area contributed by atoms with Crippen molar-refractivity contribution >= 4 is 5.97 Å². The van der Waals surface area contributed by atoms with Gasteiger partial charge in [-0.25, -0.2) is 14.8 Å². The van der Waals surface area contributed by atoms with Crippen LogP contribution in [0.1, 0.15) is 40.5 Å². The Bertz CT molecular complexity index is 968. The minimum absolute atomic E-state index is 0.172. The number of aromatic carboxylic acids is 1. The maximum atomic E-state index is 11.2. The Morgan fingerprint density at radius 2 is 2.22 bits per heavy atom. The molecule has 0 unspecified atom stereocenters. The molecule has 0 bridgehead atoms. The molecule has 0 radical (unpaired) electrons. The predicted molar refractivity (Wildman–Crippen MR) is 100 cm³/mol. The van der Waals surface area contributed by atoms with Gasteiger partial charge in [0.25, 0.3) is 0 Å². The largest absolute Gasteiger partial charge is 0.478 e. The molecule has 1 aromatic carbocycles. The van der Waals surface area contributed by atoms with Crippen LogP contribution >= 0.6 is 0 Å². The Labute approximate surface area is 157 Å². The second-order valence-corrected chi connectivity index (χ2v) is 6.82. The molecular weight excluding hydrogens is 342 g/mol. The number of imidazole rings is 1. The Hall–Kier alpha value is -3.06. The Kier molecular flexibility index (Phi) is 4.68. The quantitative estimate of drug-likeness (QED) is 0.750. The fourth-order valence-corrected chi connectivity index (χ4v) is 3.65. The molecule has 1 atom stereocenters. The van der Waals surface area contributed by atoms with Gasteiger partial charge in [-0.1, -0.05) is 12.1 Å². The van der Waals surface area contributed by atoms with Crippen LogP contribution in [0.4, 0.5) is 0 Å². The Balaban J connectivity index is 1.58. The number of carboxylic acids is 1. The summed E-state index contributed by atoms with van der Waals surface area (Å²) >= 11 is 0. The van der Waals surface area contributed by atoms with Crippen molar-refractivity contribution in [1.29, 1.82) is 0 Å². The number of rotatable bonds is 5. The highest BCUT2D eigenvalue weighted by Gasteiger charge is 2.28. The number of carbonyl (C=O) groups is 1. The summed E-state index contributed by atoms with van der Waals surface area (Å²) in [6, 6.07) is 7.30. The van der Waals surface area contributed by atoms with E-state index in [1.165, 1.54) is 0 Å². The average Bonchev–Trinajstić information content (AvgIpc) is 3.31. The standard InChI is InChI=1S/C20H21N5O2/c1-24-9-7-22-19(24)17-12-21-11-16(23-17)18-6-3-8-25(18)13-14-4-2-5-15(10-14)20(26)27/h2,4-5,7,9-12,18H,3,6,8,13H2,1H3,(H,26,27)/t18-/m1/s1. The molecule has 4 rings (SSSR count). The number of benzene rings is 1. The van der Waals surface area contributed by atoms with Gasteiger partial charge in [0.2, 0.25) is 0 Å². The molecule has 1 N–H and O–H groups in total. The number of nitrogens with zero attached hydrogens (tertiary/aromatic N) is 5. The van der Waals surface area contributed by atoms with E-state index in [0.29, 0.717) is 12.1 Å². The lowest BCUT2D eigenvalue weighted by molar-refractivity contribution is 0.0696. The maximum Gasteiger partial charge on any atom is 0.335 e. The third kappa shape index (κ3) is 3.59. The van der Waals surface area contributed by atoms with E-state index < -0.39 is 5.97 Å². The molecule has 0 spiro atoms. The maximum absolute atomic E-state index is 11.2. The monoisotopic (exact) mass is 363 g/mol. The lowest BCUT2D eigenvalue weighted by Crippen LogP contribution is -2.24. The highest BCUT2D eigenvalue weighted by molar-refractivity contribution is 5.87. The van der Waals surface area contributed by atoms with Gasteiger partial charge in [0.1, 0.15) is 5.69 Å². The van der Waals surface area contributed by atoms with Crippen molar-refractivity contribution in [2.24, 2.45) is 7.05 Å². The van der Waals surface area contributed by atoms with Crippen molar-refractivity contribution in [3.63, 3.8) is 0 Å². The van der Waals surface area contributed by atoms with Crippen LogP contribution in [-0.4, -0.2) is 42.0 Å². The second kappa shape index (κ2) is 7.28. The molecule has 7 nitrogen and oxygen atoms in total. The summed E-state index contributed by atoms with van der Waals surface area (Å²) in [5.41, 5.74) is 3.01. The number of hydrogen-bond acceptors (Lipinski definition) is 5. The zero-order valence-corrected chi connectivity index (χ0v) is 15.1.